The highest BCUT2D eigenvalue weighted by Crippen LogP contribution is 2.35. The predicted octanol–water partition coefficient (Wildman–Crippen LogP) is 1.17. The number of hydroxylamine groups is 2. The molecule has 0 spiro atoms. The van der Waals surface area contributed by atoms with Crippen molar-refractivity contribution >= 4 is 0 Å². The van der Waals surface area contributed by atoms with Gasteiger partial charge in [0.05, 0.1) is 19.3 Å². The molecule has 13 heavy (non-hydrogen) atoms. The molecule has 1 unspecified atom stereocenters. The zero-order chi connectivity index (χ0) is 9.26. The molecule has 3 nitrogen and oxygen atoms in total. The fourth-order valence-electron chi connectivity index (χ4n) is 2.40. The third kappa shape index (κ3) is 1.87. The second-order valence-corrected chi connectivity index (χ2v) is 4.22. The third-order valence-electron chi connectivity index (χ3n) is 3.31. The van der Waals surface area contributed by atoms with Gasteiger partial charge in [-0.3, -0.25) is 4.84 Å². The molecule has 3 heteroatoms. The Labute approximate surface area is 79.6 Å². The first kappa shape index (κ1) is 9.44. The summed E-state index contributed by atoms with van der Waals surface area (Å²) in [5.41, 5.74) is 0. The van der Waals surface area contributed by atoms with Crippen LogP contribution in [-0.4, -0.2) is 35.5 Å². The summed E-state index contributed by atoms with van der Waals surface area (Å²) in [7, 11) is 0. The molecule has 76 valence electrons. The molecular formula is C10H19NO2. The zero-order valence-corrected chi connectivity index (χ0v) is 8.28. The van der Waals surface area contributed by atoms with E-state index < -0.39 is 0 Å². The number of rotatable bonds is 3. The molecule has 1 heterocycles. The average molecular weight is 185 g/mol. The fourth-order valence-corrected chi connectivity index (χ4v) is 2.40. The lowest BCUT2D eigenvalue weighted by molar-refractivity contribution is -0.149. The molecule has 2 rings (SSSR count). The summed E-state index contributed by atoms with van der Waals surface area (Å²) >= 11 is 0. The van der Waals surface area contributed by atoms with Gasteiger partial charge in [-0.25, -0.2) is 0 Å². The fraction of sp³-hybridized carbons (Fsp3) is 1.00. The normalized spacial score (nSPS) is 36.5. The van der Waals surface area contributed by atoms with Crippen LogP contribution in [0.5, 0.6) is 0 Å². The van der Waals surface area contributed by atoms with Gasteiger partial charge < -0.3 is 5.11 Å². The minimum atomic E-state index is -0.223. The van der Waals surface area contributed by atoms with Gasteiger partial charge in [0.1, 0.15) is 0 Å². The van der Waals surface area contributed by atoms with Crippen molar-refractivity contribution < 1.29 is 9.94 Å². The van der Waals surface area contributed by atoms with E-state index in [1.807, 2.05) is 12.0 Å². The Morgan fingerprint density at radius 3 is 3.15 bits per heavy atom. The maximum Gasteiger partial charge on any atom is 0.0729 e. The topological polar surface area (TPSA) is 32.7 Å². The van der Waals surface area contributed by atoms with Crippen molar-refractivity contribution in [2.75, 3.05) is 13.2 Å². The molecule has 0 radical (unpaired) electrons. The van der Waals surface area contributed by atoms with Crippen molar-refractivity contribution in [3.05, 3.63) is 0 Å². The standard InChI is InChI=1S/C10H19NO2/c1-2-9(12)6-11-10-5-3-4-8(10)7-13-11/h8-10,12H,2-7H2,1H3/t8-,9?,10-/m1/s1. The molecule has 1 aliphatic heterocycles. The van der Waals surface area contributed by atoms with E-state index in [4.69, 9.17) is 4.84 Å². The van der Waals surface area contributed by atoms with E-state index in [9.17, 15) is 5.11 Å². The van der Waals surface area contributed by atoms with Crippen LogP contribution in [0.4, 0.5) is 0 Å². The van der Waals surface area contributed by atoms with Crippen molar-refractivity contribution in [3.63, 3.8) is 0 Å². The van der Waals surface area contributed by atoms with Gasteiger partial charge >= 0.3 is 0 Å². The minimum Gasteiger partial charge on any atom is -0.392 e. The molecule has 1 aliphatic carbocycles. The van der Waals surface area contributed by atoms with Crippen molar-refractivity contribution in [3.8, 4) is 0 Å². The Hall–Kier alpha value is -0.120. The van der Waals surface area contributed by atoms with Gasteiger partial charge in [-0.15, -0.1) is 0 Å². The number of β-amino-alcohol motifs (C(OH)–C–C–N with tert-alkyl or cyclic N) is 1. The summed E-state index contributed by atoms with van der Waals surface area (Å²) in [5, 5.41) is 11.5. The molecule has 2 fully saturated rings. The molecule has 0 aromatic rings. The summed E-state index contributed by atoms with van der Waals surface area (Å²) in [6.45, 7) is 3.58. The Balaban J connectivity index is 1.86. The first-order chi connectivity index (χ1) is 6.31. The summed E-state index contributed by atoms with van der Waals surface area (Å²) in [6.07, 6.45) is 4.48. The molecule has 0 bridgehead atoms. The van der Waals surface area contributed by atoms with E-state index in [0.717, 1.165) is 18.9 Å². The van der Waals surface area contributed by atoms with Crippen molar-refractivity contribution in [1.29, 1.82) is 0 Å². The lowest BCUT2D eigenvalue weighted by atomic mass is 10.1. The van der Waals surface area contributed by atoms with Crippen LogP contribution in [0.15, 0.2) is 0 Å². The van der Waals surface area contributed by atoms with Crippen molar-refractivity contribution in [1.82, 2.24) is 5.06 Å². The number of fused-ring (bicyclic) bond motifs is 1. The predicted molar refractivity (Wildman–Crippen MR) is 50.1 cm³/mol. The Bertz CT molecular complexity index is 174. The van der Waals surface area contributed by atoms with Gasteiger partial charge in [-0.2, -0.15) is 5.06 Å². The van der Waals surface area contributed by atoms with Crippen LogP contribution in [0.2, 0.25) is 0 Å². The van der Waals surface area contributed by atoms with Gasteiger partial charge in [0.2, 0.25) is 0 Å². The largest absolute Gasteiger partial charge is 0.392 e. The van der Waals surface area contributed by atoms with E-state index in [0.29, 0.717) is 12.6 Å². The number of aliphatic hydroxyl groups excluding tert-OH is 1. The second kappa shape index (κ2) is 3.95. The molecule has 1 saturated carbocycles. The van der Waals surface area contributed by atoms with Crippen LogP contribution < -0.4 is 0 Å². The highest BCUT2D eigenvalue weighted by molar-refractivity contribution is 4.86. The summed E-state index contributed by atoms with van der Waals surface area (Å²) in [6, 6.07) is 0.598. The van der Waals surface area contributed by atoms with Gasteiger partial charge in [0, 0.05) is 12.0 Å². The first-order valence-corrected chi connectivity index (χ1v) is 5.39. The molecule has 0 aromatic carbocycles. The maximum absolute atomic E-state index is 9.52. The molecule has 3 atom stereocenters. The number of hydrogen-bond donors (Lipinski definition) is 1. The summed E-state index contributed by atoms with van der Waals surface area (Å²) < 4.78 is 0. The Morgan fingerprint density at radius 1 is 1.54 bits per heavy atom. The highest BCUT2D eigenvalue weighted by atomic mass is 16.7. The maximum atomic E-state index is 9.52. The molecule has 1 saturated heterocycles. The van der Waals surface area contributed by atoms with Crippen LogP contribution in [0.25, 0.3) is 0 Å². The van der Waals surface area contributed by atoms with Crippen molar-refractivity contribution in [2.24, 2.45) is 5.92 Å². The van der Waals surface area contributed by atoms with E-state index in [1.165, 1.54) is 19.3 Å². The quantitative estimate of drug-likeness (QED) is 0.716. The number of hydrogen-bond acceptors (Lipinski definition) is 3. The average Bonchev–Trinajstić information content (AvgIpc) is 2.69. The van der Waals surface area contributed by atoms with E-state index in [2.05, 4.69) is 0 Å². The van der Waals surface area contributed by atoms with Crippen LogP contribution in [0, 0.1) is 5.92 Å². The lowest BCUT2D eigenvalue weighted by Crippen LogP contribution is -2.35. The monoisotopic (exact) mass is 185 g/mol. The molecule has 1 N–H and O–H groups in total. The SMILES string of the molecule is CCC(O)CN1OC[C@H]2CCC[C@H]21. The van der Waals surface area contributed by atoms with Gasteiger partial charge in [0.15, 0.2) is 0 Å². The summed E-state index contributed by atoms with van der Waals surface area (Å²) in [5.74, 6) is 0.740. The molecule has 2 aliphatic rings. The van der Waals surface area contributed by atoms with Gasteiger partial charge in [0.25, 0.3) is 0 Å². The molecular weight excluding hydrogens is 166 g/mol. The Morgan fingerprint density at radius 2 is 2.38 bits per heavy atom. The van der Waals surface area contributed by atoms with E-state index in [1.54, 1.807) is 0 Å². The van der Waals surface area contributed by atoms with Crippen LogP contribution in [0.1, 0.15) is 32.6 Å². The van der Waals surface area contributed by atoms with E-state index in [-0.39, 0.29) is 6.10 Å². The first-order valence-electron chi connectivity index (χ1n) is 5.39. The van der Waals surface area contributed by atoms with E-state index >= 15 is 0 Å². The smallest absolute Gasteiger partial charge is 0.0729 e. The number of nitrogens with zero attached hydrogens (tertiary/aromatic N) is 1. The van der Waals surface area contributed by atoms with Crippen LogP contribution >= 0.6 is 0 Å². The number of aliphatic hydroxyl groups is 1. The van der Waals surface area contributed by atoms with Crippen molar-refractivity contribution in [2.45, 2.75) is 44.8 Å². The van der Waals surface area contributed by atoms with Crippen LogP contribution in [-0.2, 0) is 4.84 Å². The van der Waals surface area contributed by atoms with Crippen LogP contribution in [0.3, 0.4) is 0 Å². The second-order valence-electron chi connectivity index (χ2n) is 4.22. The Kier molecular flexibility index (Phi) is 2.86. The molecule has 0 aromatic heterocycles. The zero-order valence-electron chi connectivity index (χ0n) is 8.28. The summed E-state index contributed by atoms with van der Waals surface area (Å²) in [4.78, 5) is 5.57. The lowest BCUT2D eigenvalue weighted by Gasteiger charge is -2.23. The van der Waals surface area contributed by atoms with Gasteiger partial charge in [-0.05, 0) is 19.3 Å². The highest BCUT2D eigenvalue weighted by Gasteiger charge is 2.39. The molecule has 0 amide bonds. The minimum absolute atomic E-state index is 0.223. The third-order valence-corrected chi connectivity index (χ3v) is 3.31. The van der Waals surface area contributed by atoms with Gasteiger partial charge in [-0.1, -0.05) is 13.3 Å².